The van der Waals surface area contributed by atoms with Crippen LogP contribution in [0.15, 0.2) is 22.8 Å². The van der Waals surface area contributed by atoms with Crippen LogP contribution in [0.4, 0.5) is 0 Å². The smallest absolute Gasteiger partial charge is 0.234 e. The van der Waals surface area contributed by atoms with Gasteiger partial charge in [0.25, 0.3) is 0 Å². The quantitative estimate of drug-likeness (QED) is 0.868. The minimum atomic E-state index is 0.0210. The summed E-state index contributed by atoms with van der Waals surface area (Å²) < 4.78 is 10.8. The molecule has 5 heteroatoms. The minimum absolute atomic E-state index is 0.0210. The average Bonchev–Trinajstić information content (AvgIpc) is 2.77. The molecule has 1 amide bonds. The Morgan fingerprint density at radius 2 is 2.17 bits per heavy atom. The van der Waals surface area contributed by atoms with E-state index in [1.54, 1.807) is 6.26 Å². The van der Waals surface area contributed by atoms with Gasteiger partial charge in [-0.15, -0.1) is 0 Å². The SMILES string of the molecule is C[C@@H]1CN(CC(=O)NCc2ccco2)C[C@H](C)O1. The molecule has 1 N–H and O–H groups in total. The summed E-state index contributed by atoms with van der Waals surface area (Å²) in [4.78, 5) is 13.9. The van der Waals surface area contributed by atoms with Crippen LogP contribution in [0.3, 0.4) is 0 Å². The van der Waals surface area contributed by atoms with Gasteiger partial charge in [-0.05, 0) is 26.0 Å². The molecule has 1 saturated heterocycles. The van der Waals surface area contributed by atoms with Crippen LogP contribution in [0, 0.1) is 0 Å². The van der Waals surface area contributed by atoms with Crippen molar-refractivity contribution >= 4 is 5.91 Å². The van der Waals surface area contributed by atoms with E-state index >= 15 is 0 Å². The van der Waals surface area contributed by atoms with Crippen molar-refractivity contribution in [3.05, 3.63) is 24.2 Å². The fourth-order valence-corrected chi connectivity index (χ4v) is 2.27. The molecule has 0 saturated carbocycles. The Labute approximate surface area is 107 Å². The third-order valence-corrected chi connectivity index (χ3v) is 2.90. The van der Waals surface area contributed by atoms with Gasteiger partial charge in [0, 0.05) is 13.1 Å². The zero-order valence-corrected chi connectivity index (χ0v) is 10.9. The molecule has 1 fully saturated rings. The molecule has 0 spiro atoms. The first-order valence-electron chi connectivity index (χ1n) is 6.30. The van der Waals surface area contributed by atoms with Crippen LogP contribution in [-0.2, 0) is 16.1 Å². The van der Waals surface area contributed by atoms with Gasteiger partial charge in [-0.25, -0.2) is 0 Å². The highest BCUT2D eigenvalue weighted by atomic mass is 16.5. The number of hydrogen-bond acceptors (Lipinski definition) is 4. The first-order valence-corrected chi connectivity index (χ1v) is 6.30. The molecule has 0 bridgehead atoms. The average molecular weight is 252 g/mol. The Morgan fingerprint density at radius 1 is 1.44 bits per heavy atom. The van der Waals surface area contributed by atoms with E-state index in [1.165, 1.54) is 0 Å². The first kappa shape index (κ1) is 13.1. The molecule has 1 aliphatic rings. The van der Waals surface area contributed by atoms with Gasteiger partial charge in [0.2, 0.25) is 5.91 Å². The second kappa shape index (κ2) is 6.02. The van der Waals surface area contributed by atoms with Crippen LogP contribution < -0.4 is 5.32 Å². The fourth-order valence-electron chi connectivity index (χ4n) is 2.27. The molecule has 18 heavy (non-hydrogen) atoms. The van der Waals surface area contributed by atoms with Crippen LogP contribution in [-0.4, -0.2) is 42.6 Å². The summed E-state index contributed by atoms with van der Waals surface area (Å²) in [5.41, 5.74) is 0. The maximum absolute atomic E-state index is 11.8. The monoisotopic (exact) mass is 252 g/mol. The van der Waals surface area contributed by atoms with Crippen molar-refractivity contribution in [1.82, 2.24) is 10.2 Å². The van der Waals surface area contributed by atoms with Gasteiger partial charge in [0.15, 0.2) is 0 Å². The Hall–Kier alpha value is -1.33. The summed E-state index contributed by atoms with van der Waals surface area (Å²) in [6, 6.07) is 3.66. The fraction of sp³-hybridized carbons (Fsp3) is 0.615. The predicted molar refractivity (Wildman–Crippen MR) is 67.0 cm³/mol. The van der Waals surface area contributed by atoms with E-state index in [-0.39, 0.29) is 18.1 Å². The van der Waals surface area contributed by atoms with Crippen molar-refractivity contribution in [3.8, 4) is 0 Å². The number of amides is 1. The number of nitrogens with zero attached hydrogens (tertiary/aromatic N) is 1. The van der Waals surface area contributed by atoms with Crippen LogP contribution in [0.2, 0.25) is 0 Å². The van der Waals surface area contributed by atoms with Crippen molar-refractivity contribution in [2.24, 2.45) is 0 Å². The highest BCUT2D eigenvalue weighted by molar-refractivity contribution is 5.77. The van der Waals surface area contributed by atoms with Crippen LogP contribution in [0.25, 0.3) is 0 Å². The molecule has 0 radical (unpaired) electrons. The van der Waals surface area contributed by atoms with Crippen molar-refractivity contribution in [3.63, 3.8) is 0 Å². The molecular weight excluding hydrogens is 232 g/mol. The highest BCUT2D eigenvalue weighted by Gasteiger charge is 2.23. The standard InChI is InChI=1S/C13H20N2O3/c1-10-7-15(8-11(2)18-10)9-13(16)14-6-12-4-3-5-17-12/h3-5,10-11H,6-9H2,1-2H3,(H,14,16)/t10-,11+. The molecular formula is C13H20N2O3. The molecule has 0 unspecified atom stereocenters. The van der Waals surface area contributed by atoms with Gasteiger partial charge in [0.1, 0.15) is 5.76 Å². The van der Waals surface area contributed by atoms with Crippen LogP contribution >= 0.6 is 0 Å². The zero-order chi connectivity index (χ0) is 13.0. The predicted octanol–water partition coefficient (Wildman–Crippen LogP) is 1.00. The summed E-state index contributed by atoms with van der Waals surface area (Å²) in [5.74, 6) is 0.791. The topological polar surface area (TPSA) is 54.7 Å². The molecule has 5 nitrogen and oxygen atoms in total. The number of ether oxygens (including phenoxy) is 1. The van der Waals surface area contributed by atoms with Gasteiger partial charge in [-0.1, -0.05) is 0 Å². The maximum Gasteiger partial charge on any atom is 0.234 e. The molecule has 2 heterocycles. The van der Waals surface area contributed by atoms with Crippen molar-refractivity contribution in [2.45, 2.75) is 32.6 Å². The van der Waals surface area contributed by atoms with Gasteiger partial charge in [-0.3, -0.25) is 9.69 Å². The summed E-state index contributed by atoms with van der Waals surface area (Å²) >= 11 is 0. The second-order valence-corrected chi connectivity index (χ2v) is 4.81. The largest absolute Gasteiger partial charge is 0.467 e. The third-order valence-electron chi connectivity index (χ3n) is 2.90. The van der Waals surface area contributed by atoms with E-state index in [9.17, 15) is 4.79 Å². The Morgan fingerprint density at radius 3 is 2.78 bits per heavy atom. The third kappa shape index (κ3) is 3.85. The number of furan rings is 1. The lowest BCUT2D eigenvalue weighted by atomic mass is 10.2. The number of carbonyl (C=O) groups excluding carboxylic acids is 1. The molecule has 1 aromatic rings. The lowest BCUT2D eigenvalue weighted by molar-refractivity contribution is -0.126. The molecule has 1 aromatic heterocycles. The van der Waals surface area contributed by atoms with E-state index in [0.29, 0.717) is 13.1 Å². The summed E-state index contributed by atoms with van der Waals surface area (Å²) in [5, 5.41) is 2.85. The number of morpholine rings is 1. The zero-order valence-electron chi connectivity index (χ0n) is 10.9. The maximum atomic E-state index is 11.8. The molecule has 2 rings (SSSR count). The Kier molecular flexibility index (Phi) is 4.38. The van der Waals surface area contributed by atoms with Crippen LogP contribution in [0.1, 0.15) is 19.6 Å². The molecule has 100 valence electrons. The van der Waals surface area contributed by atoms with Crippen molar-refractivity contribution in [1.29, 1.82) is 0 Å². The highest BCUT2D eigenvalue weighted by Crippen LogP contribution is 2.09. The second-order valence-electron chi connectivity index (χ2n) is 4.81. The molecule has 1 aliphatic heterocycles. The Balaban J connectivity index is 1.73. The van der Waals surface area contributed by atoms with Crippen molar-refractivity contribution < 1.29 is 13.9 Å². The molecule has 2 atom stereocenters. The number of rotatable bonds is 4. The lowest BCUT2D eigenvalue weighted by Gasteiger charge is -2.34. The van der Waals surface area contributed by atoms with Gasteiger partial charge in [0.05, 0.1) is 31.6 Å². The summed E-state index contributed by atoms with van der Waals surface area (Å²) in [7, 11) is 0. The van der Waals surface area contributed by atoms with Crippen LogP contribution in [0.5, 0.6) is 0 Å². The summed E-state index contributed by atoms with van der Waals surface area (Å²) in [6.07, 6.45) is 1.98. The number of carbonyl (C=O) groups is 1. The first-order chi connectivity index (χ1) is 8.63. The minimum Gasteiger partial charge on any atom is -0.467 e. The lowest BCUT2D eigenvalue weighted by Crippen LogP contribution is -2.49. The van der Waals surface area contributed by atoms with E-state index < -0.39 is 0 Å². The van der Waals surface area contributed by atoms with E-state index in [1.807, 2.05) is 26.0 Å². The number of nitrogens with one attached hydrogen (secondary N) is 1. The number of hydrogen-bond donors (Lipinski definition) is 1. The van der Waals surface area contributed by atoms with E-state index in [4.69, 9.17) is 9.15 Å². The summed E-state index contributed by atoms with van der Waals surface area (Å²) in [6.45, 7) is 6.53. The van der Waals surface area contributed by atoms with Gasteiger partial charge < -0.3 is 14.5 Å². The van der Waals surface area contributed by atoms with Gasteiger partial charge >= 0.3 is 0 Å². The van der Waals surface area contributed by atoms with Crippen molar-refractivity contribution in [2.75, 3.05) is 19.6 Å². The molecule has 0 aromatic carbocycles. The van der Waals surface area contributed by atoms with Gasteiger partial charge in [-0.2, -0.15) is 0 Å². The molecule has 0 aliphatic carbocycles. The Bertz CT molecular complexity index is 368. The normalized spacial score (nSPS) is 25.0. The van der Waals surface area contributed by atoms with E-state index in [0.717, 1.165) is 18.8 Å². The van der Waals surface area contributed by atoms with E-state index in [2.05, 4.69) is 10.2 Å².